The Balaban J connectivity index is 3.48. The highest BCUT2D eigenvalue weighted by molar-refractivity contribution is 5.53. The summed E-state index contributed by atoms with van der Waals surface area (Å²) in [5.41, 5.74) is 5.86. The molecule has 0 radical (unpaired) electrons. The number of nitrogen functional groups attached to an aromatic ring is 1. The van der Waals surface area contributed by atoms with Gasteiger partial charge in [-0.05, 0) is 37.5 Å². The van der Waals surface area contributed by atoms with Crippen LogP contribution in [0.15, 0.2) is 0 Å². The molecule has 0 aliphatic rings. The summed E-state index contributed by atoms with van der Waals surface area (Å²) in [6.45, 7) is 5.76. The van der Waals surface area contributed by atoms with Gasteiger partial charge in [-0.1, -0.05) is 0 Å². The van der Waals surface area contributed by atoms with E-state index in [0.29, 0.717) is 11.5 Å². The zero-order valence-corrected chi connectivity index (χ0v) is 7.97. The van der Waals surface area contributed by atoms with Gasteiger partial charge in [0.05, 0.1) is 0 Å². The molecule has 0 atom stereocenters. The number of nitrogens with two attached hydrogens (primary N) is 1. The summed E-state index contributed by atoms with van der Waals surface area (Å²) in [6.07, 6.45) is 0. The molecule has 13 heavy (non-hydrogen) atoms. The van der Waals surface area contributed by atoms with Crippen molar-refractivity contribution in [2.45, 2.75) is 20.8 Å². The van der Waals surface area contributed by atoms with Crippen LogP contribution < -0.4 is 11.3 Å². The molecule has 1 aromatic heterocycles. The van der Waals surface area contributed by atoms with Crippen molar-refractivity contribution in [3.63, 3.8) is 0 Å². The van der Waals surface area contributed by atoms with E-state index in [0.717, 1.165) is 16.7 Å². The van der Waals surface area contributed by atoms with Crippen LogP contribution in [0.1, 0.15) is 22.4 Å². The van der Waals surface area contributed by atoms with E-state index in [1.807, 2.05) is 26.8 Å². The van der Waals surface area contributed by atoms with Crippen LogP contribution >= 0.6 is 0 Å². The van der Waals surface area contributed by atoms with Gasteiger partial charge in [0.15, 0.2) is 0 Å². The van der Waals surface area contributed by atoms with Crippen molar-refractivity contribution in [1.29, 1.82) is 5.26 Å². The number of rotatable bonds is 1. The average Bonchev–Trinajstić information content (AvgIpc) is 2.15. The molecule has 4 nitrogen and oxygen atoms in total. The highest BCUT2D eigenvalue weighted by Crippen LogP contribution is 2.20. The van der Waals surface area contributed by atoms with Crippen molar-refractivity contribution in [2.75, 3.05) is 5.43 Å². The van der Waals surface area contributed by atoms with E-state index in [2.05, 4.69) is 10.4 Å². The molecule has 0 amide bonds. The van der Waals surface area contributed by atoms with Gasteiger partial charge >= 0.3 is 0 Å². The van der Waals surface area contributed by atoms with Gasteiger partial charge in [-0.15, -0.1) is 0 Å². The van der Waals surface area contributed by atoms with Crippen LogP contribution in [0.5, 0.6) is 0 Å². The monoisotopic (exact) mass is 176 g/mol. The lowest BCUT2D eigenvalue weighted by Gasteiger charge is -2.10. The van der Waals surface area contributed by atoms with E-state index < -0.39 is 0 Å². The van der Waals surface area contributed by atoms with Crippen LogP contribution in [0.3, 0.4) is 0 Å². The maximum atomic E-state index is 8.77. The Labute approximate surface area is 77.4 Å². The molecule has 4 heteroatoms. The largest absolute Gasteiger partial charge is 0.308 e. The number of nitrogens with one attached hydrogen (secondary N) is 1. The quantitative estimate of drug-likeness (QED) is 0.497. The summed E-state index contributed by atoms with van der Waals surface area (Å²) in [5, 5.41) is 8.77. The lowest BCUT2D eigenvalue weighted by atomic mass is 10.0. The third-order valence-electron chi connectivity index (χ3n) is 2.30. The number of anilines is 1. The van der Waals surface area contributed by atoms with Crippen molar-refractivity contribution in [3.05, 3.63) is 22.4 Å². The molecule has 0 bridgehead atoms. The van der Waals surface area contributed by atoms with Crippen molar-refractivity contribution >= 4 is 5.82 Å². The Bertz CT molecular complexity index is 376. The number of hydrogen-bond donors (Lipinski definition) is 2. The van der Waals surface area contributed by atoms with Crippen LogP contribution in [0.4, 0.5) is 5.82 Å². The summed E-state index contributed by atoms with van der Waals surface area (Å²) in [7, 11) is 0. The predicted octanol–water partition coefficient (Wildman–Crippen LogP) is 1.16. The normalized spacial score (nSPS) is 9.46. The van der Waals surface area contributed by atoms with Crippen LogP contribution in [0.2, 0.25) is 0 Å². The van der Waals surface area contributed by atoms with Crippen LogP contribution in [0.25, 0.3) is 0 Å². The molecule has 0 fully saturated rings. The number of hydrogen-bond acceptors (Lipinski definition) is 4. The molecular weight excluding hydrogens is 164 g/mol. The Kier molecular flexibility index (Phi) is 2.49. The first-order valence-corrected chi connectivity index (χ1v) is 3.96. The molecule has 0 aliphatic carbocycles. The van der Waals surface area contributed by atoms with E-state index in [9.17, 15) is 0 Å². The van der Waals surface area contributed by atoms with Gasteiger partial charge in [0.25, 0.3) is 0 Å². The zero-order chi connectivity index (χ0) is 10.0. The maximum Gasteiger partial charge on any atom is 0.146 e. The van der Waals surface area contributed by atoms with Gasteiger partial charge in [0.1, 0.15) is 17.6 Å². The van der Waals surface area contributed by atoms with Gasteiger partial charge < -0.3 is 5.43 Å². The van der Waals surface area contributed by atoms with E-state index in [1.165, 1.54) is 0 Å². The fourth-order valence-corrected chi connectivity index (χ4v) is 1.17. The summed E-state index contributed by atoms with van der Waals surface area (Å²) in [5.74, 6) is 5.84. The Morgan fingerprint density at radius 2 is 1.85 bits per heavy atom. The highest BCUT2D eigenvalue weighted by atomic mass is 15.2. The van der Waals surface area contributed by atoms with Gasteiger partial charge in [-0.25, -0.2) is 10.8 Å². The number of hydrazine groups is 1. The van der Waals surface area contributed by atoms with Gasteiger partial charge in [0, 0.05) is 0 Å². The van der Waals surface area contributed by atoms with E-state index >= 15 is 0 Å². The highest BCUT2D eigenvalue weighted by Gasteiger charge is 2.09. The summed E-state index contributed by atoms with van der Waals surface area (Å²) in [4.78, 5) is 4.07. The van der Waals surface area contributed by atoms with E-state index in [1.54, 1.807) is 0 Å². The minimum atomic E-state index is 0.427. The third kappa shape index (κ3) is 1.46. The van der Waals surface area contributed by atoms with Crippen molar-refractivity contribution in [3.8, 4) is 6.07 Å². The molecule has 0 saturated carbocycles. The molecule has 0 aliphatic heterocycles. The molecule has 3 N–H and O–H groups in total. The predicted molar refractivity (Wildman–Crippen MR) is 51.0 cm³/mol. The topological polar surface area (TPSA) is 74.7 Å². The second-order valence-electron chi connectivity index (χ2n) is 2.94. The number of nitrogens with zero attached hydrogens (tertiary/aromatic N) is 2. The van der Waals surface area contributed by atoms with Crippen LogP contribution in [0, 0.1) is 32.1 Å². The SMILES string of the molecule is Cc1c(C#N)nc(NN)c(C)c1C. The summed E-state index contributed by atoms with van der Waals surface area (Å²) < 4.78 is 0. The van der Waals surface area contributed by atoms with Gasteiger partial charge in [0.2, 0.25) is 0 Å². The number of aromatic nitrogens is 1. The second kappa shape index (κ2) is 3.42. The zero-order valence-electron chi connectivity index (χ0n) is 7.97. The first-order valence-electron chi connectivity index (χ1n) is 3.96. The first-order chi connectivity index (χ1) is 6.11. The van der Waals surface area contributed by atoms with Crippen molar-refractivity contribution < 1.29 is 0 Å². The third-order valence-corrected chi connectivity index (χ3v) is 2.30. The molecule has 1 heterocycles. The molecular formula is C9H12N4. The van der Waals surface area contributed by atoms with Crippen LogP contribution in [-0.2, 0) is 0 Å². The molecule has 0 saturated heterocycles. The molecule has 68 valence electrons. The molecule has 0 aromatic carbocycles. The standard InChI is InChI=1S/C9H12N4/c1-5-6(2)8(4-10)12-9(13-11)7(5)3/h11H2,1-3H3,(H,12,13). The van der Waals surface area contributed by atoms with Crippen LogP contribution in [-0.4, -0.2) is 4.98 Å². The average molecular weight is 176 g/mol. The Morgan fingerprint density at radius 1 is 1.23 bits per heavy atom. The summed E-state index contributed by atoms with van der Waals surface area (Å²) >= 11 is 0. The maximum absolute atomic E-state index is 8.77. The van der Waals surface area contributed by atoms with Gasteiger partial charge in [-0.3, -0.25) is 0 Å². The molecule has 0 unspecified atom stereocenters. The smallest absolute Gasteiger partial charge is 0.146 e. The minimum Gasteiger partial charge on any atom is -0.308 e. The van der Waals surface area contributed by atoms with Gasteiger partial charge in [-0.2, -0.15) is 5.26 Å². The minimum absolute atomic E-state index is 0.427. The lowest BCUT2D eigenvalue weighted by molar-refractivity contribution is 1.10. The fourth-order valence-electron chi connectivity index (χ4n) is 1.17. The van der Waals surface area contributed by atoms with E-state index in [-0.39, 0.29) is 0 Å². The van der Waals surface area contributed by atoms with Crippen molar-refractivity contribution in [2.24, 2.45) is 5.84 Å². The molecule has 0 spiro atoms. The number of pyridine rings is 1. The lowest BCUT2D eigenvalue weighted by Crippen LogP contribution is -2.12. The molecule has 1 rings (SSSR count). The second-order valence-corrected chi connectivity index (χ2v) is 2.94. The van der Waals surface area contributed by atoms with E-state index in [4.69, 9.17) is 11.1 Å². The Hall–Kier alpha value is -1.60. The first kappa shape index (κ1) is 9.49. The fraction of sp³-hybridized carbons (Fsp3) is 0.333. The Morgan fingerprint density at radius 3 is 2.31 bits per heavy atom. The van der Waals surface area contributed by atoms with Crippen molar-refractivity contribution in [1.82, 2.24) is 4.98 Å². The summed E-state index contributed by atoms with van der Waals surface area (Å²) in [6, 6.07) is 2.03. The molecule has 1 aromatic rings. The number of nitriles is 1.